The molecule has 1 saturated carbocycles. The van der Waals surface area contributed by atoms with Gasteiger partial charge in [0, 0.05) is 26.2 Å². The van der Waals surface area contributed by atoms with E-state index in [2.05, 4.69) is 11.8 Å². The van der Waals surface area contributed by atoms with E-state index >= 15 is 0 Å². The average molecular weight is 312 g/mol. The molecule has 1 aliphatic heterocycles. The number of amides is 1. The van der Waals surface area contributed by atoms with Gasteiger partial charge in [-0.1, -0.05) is 26.2 Å². The molecule has 2 N–H and O–H groups in total. The number of halogens is 2. The highest BCUT2D eigenvalue weighted by Crippen LogP contribution is 2.28. The SMILES string of the molecule is CCN1CCN(C(=O)C2(N)CCCCC2)CC1.Cl.Cl. The average Bonchev–Trinajstić information content (AvgIpc) is 2.39. The predicted octanol–water partition coefficient (Wildman–Crippen LogP) is 1.66. The van der Waals surface area contributed by atoms with E-state index in [4.69, 9.17) is 5.73 Å². The highest BCUT2D eigenvalue weighted by atomic mass is 35.5. The summed E-state index contributed by atoms with van der Waals surface area (Å²) < 4.78 is 0. The lowest BCUT2D eigenvalue weighted by Crippen LogP contribution is -2.60. The maximum atomic E-state index is 12.5. The second-order valence-corrected chi connectivity index (χ2v) is 5.44. The molecule has 2 aliphatic rings. The first-order valence-electron chi connectivity index (χ1n) is 6.96. The van der Waals surface area contributed by atoms with E-state index in [1.54, 1.807) is 0 Å². The summed E-state index contributed by atoms with van der Waals surface area (Å²) in [6.45, 7) is 6.95. The quantitative estimate of drug-likeness (QED) is 0.843. The molecule has 1 saturated heterocycles. The molecule has 6 heteroatoms. The summed E-state index contributed by atoms with van der Waals surface area (Å²) in [5.41, 5.74) is 5.75. The van der Waals surface area contributed by atoms with Gasteiger partial charge in [0.1, 0.15) is 0 Å². The van der Waals surface area contributed by atoms with E-state index in [-0.39, 0.29) is 30.7 Å². The number of nitrogens with zero attached hydrogens (tertiary/aromatic N) is 2. The van der Waals surface area contributed by atoms with E-state index < -0.39 is 5.54 Å². The van der Waals surface area contributed by atoms with Crippen LogP contribution in [0.15, 0.2) is 0 Å². The predicted molar refractivity (Wildman–Crippen MR) is 83.2 cm³/mol. The number of piperazine rings is 1. The fourth-order valence-electron chi connectivity index (χ4n) is 2.98. The van der Waals surface area contributed by atoms with Crippen molar-refractivity contribution in [3.05, 3.63) is 0 Å². The molecule has 0 bridgehead atoms. The van der Waals surface area contributed by atoms with Crippen molar-refractivity contribution in [1.29, 1.82) is 0 Å². The Kier molecular flexibility index (Phi) is 8.29. The van der Waals surface area contributed by atoms with Crippen molar-refractivity contribution >= 4 is 30.7 Å². The molecule has 1 aliphatic carbocycles. The second-order valence-electron chi connectivity index (χ2n) is 5.44. The van der Waals surface area contributed by atoms with E-state index in [9.17, 15) is 4.79 Å². The molecular weight excluding hydrogens is 285 g/mol. The van der Waals surface area contributed by atoms with Crippen LogP contribution in [-0.2, 0) is 4.79 Å². The minimum Gasteiger partial charge on any atom is -0.339 e. The number of rotatable bonds is 2. The zero-order valence-electron chi connectivity index (χ0n) is 11.8. The lowest BCUT2D eigenvalue weighted by molar-refractivity contribution is -0.140. The zero-order valence-corrected chi connectivity index (χ0v) is 13.4. The fraction of sp³-hybridized carbons (Fsp3) is 0.923. The first-order valence-corrected chi connectivity index (χ1v) is 6.96. The first-order chi connectivity index (χ1) is 8.15. The third-order valence-electron chi connectivity index (χ3n) is 4.28. The minimum absolute atomic E-state index is 0. The molecule has 4 nitrogen and oxygen atoms in total. The molecule has 0 aromatic rings. The van der Waals surface area contributed by atoms with Crippen LogP contribution in [0.2, 0.25) is 0 Å². The van der Waals surface area contributed by atoms with Gasteiger partial charge in [-0.15, -0.1) is 24.8 Å². The number of hydrogen-bond acceptors (Lipinski definition) is 3. The summed E-state index contributed by atoms with van der Waals surface area (Å²) >= 11 is 0. The lowest BCUT2D eigenvalue weighted by Gasteiger charge is -2.40. The van der Waals surface area contributed by atoms with Gasteiger partial charge in [-0.2, -0.15) is 0 Å². The van der Waals surface area contributed by atoms with Crippen LogP contribution in [0, 0.1) is 0 Å². The highest BCUT2D eigenvalue weighted by molar-refractivity contribution is 5.86. The molecule has 19 heavy (non-hydrogen) atoms. The van der Waals surface area contributed by atoms with Crippen LogP contribution in [0.5, 0.6) is 0 Å². The van der Waals surface area contributed by atoms with Crippen LogP contribution < -0.4 is 5.73 Å². The summed E-state index contributed by atoms with van der Waals surface area (Å²) in [5.74, 6) is 0.202. The Morgan fingerprint density at radius 1 is 1.05 bits per heavy atom. The molecule has 114 valence electrons. The maximum absolute atomic E-state index is 12.5. The third kappa shape index (κ3) is 4.48. The Bertz CT molecular complexity index is 275. The van der Waals surface area contributed by atoms with Crippen molar-refractivity contribution in [2.24, 2.45) is 5.73 Å². The monoisotopic (exact) mass is 311 g/mol. The van der Waals surface area contributed by atoms with Gasteiger partial charge in [0.2, 0.25) is 5.91 Å². The van der Waals surface area contributed by atoms with Crippen molar-refractivity contribution in [3.8, 4) is 0 Å². The lowest BCUT2D eigenvalue weighted by atomic mass is 9.81. The number of likely N-dealkylation sites (N-methyl/N-ethyl adjacent to an activating group) is 1. The molecular formula is C13H27Cl2N3O. The van der Waals surface area contributed by atoms with Gasteiger partial charge in [0.25, 0.3) is 0 Å². The number of nitrogens with two attached hydrogens (primary N) is 1. The van der Waals surface area contributed by atoms with Crippen molar-refractivity contribution in [2.75, 3.05) is 32.7 Å². The van der Waals surface area contributed by atoms with Crippen LogP contribution in [0.1, 0.15) is 39.0 Å². The van der Waals surface area contributed by atoms with Crippen LogP contribution in [-0.4, -0.2) is 54.0 Å². The normalized spacial score (nSPS) is 23.2. The number of hydrogen-bond donors (Lipinski definition) is 1. The molecule has 0 atom stereocenters. The molecule has 0 spiro atoms. The van der Waals surface area contributed by atoms with Crippen molar-refractivity contribution in [3.63, 3.8) is 0 Å². The Labute approximate surface area is 128 Å². The molecule has 0 aromatic carbocycles. The van der Waals surface area contributed by atoms with Gasteiger partial charge in [0.15, 0.2) is 0 Å². The van der Waals surface area contributed by atoms with Gasteiger partial charge >= 0.3 is 0 Å². The zero-order chi connectivity index (χ0) is 12.3. The summed E-state index contributed by atoms with van der Waals surface area (Å²) in [6.07, 6.45) is 5.20. The Balaban J connectivity index is 0.00000162. The van der Waals surface area contributed by atoms with E-state index in [0.29, 0.717) is 0 Å². The molecule has 0 aromatic heterocycles. The van der Waals surface area contributed by atoms with Gasteiger partial charge in [-0.05, 0) is 19.4 Å². The third-order valence-corrected chi connectivity index (χ3v) is 4.28. The molecule has 0 radical (unpaired) electrons. The van der Waals surface area contributed by atoms with E-state index in [1.165, 1.54) is 6.42 Å². The van der Waals surface area contributed by atoms with Gasteiger partial charge in [-0.3, -0.25) is 4.79 Å². The Morgan fingerprint density at radius 3 is 2.05 bits per heavy atom. The Morgan fingerprint density at radius 2 is 1.58 bits per heavy atom. The number of carbonyl (C=O) groups excluding carboxylic acids is 1. The summed E-state index contributed by atoms with van der Waals surface area (Å²) in [6, 6.07) is 0. The van der Waals surface area contributed by atoms with Gasteiger partial charge in [0.05, 0.1) is 5.54 Å². The van der Waals surface area contributed by atoms with Crippen LogP contribution in [0.3, 0.4) is 0 Å². The molecule has 2 rings (SSSR count). The molecule has 2 fully saturated rings. The molecule has 1 heterocycles. The molecule has 0 unspecified atom stereocenters. The van der Waals surface area contributed by atoms with Gasteiger partial charge < -0.3 is 15.5 Å². The smallest absolute Gasteiger partial charge is 0.242 e. The standard InChI is InChI=1S/C13H25N3O.2ClH/c1-2-15-8-10-16(11-9-15)12(17)13(14)6-4-3-5-7-13;;/h2-11,14H2,1H3;2*1H. The summed E-state index contributed by atoms with van der Waals surface area (Å²) in [5, 5.41) is 0. The van der Waals surface area contributed by atoms with Crippen LogP contribution >= 0.6 is 24.8 Å². The minimum atomic E-state index is -0.549. The maximum Gasteiger partial charge on any atom is 0.242 e. The summed E-state index contributed by atoms with van der Waals surface area (Å²) in [4.78, 5) is 16.8. The second kappa shape index (κ2) is 8.30. The first kappa shape index (κ1) is 19.0. The van der Waals surface area contributed by atoms with E-state index in [0.717, 1.165) is 58.4 Å². The van der Waals surface area contributed by atoms with Crippen molar-refractivity contribution in [2.45, 2.75) is 44.6 Å². The van der Waals surface area contributed by atoms with E-state index in [1.807, 2.05) is 4.90 Å². The van der Waals surface area contributed by atoms with Gasteiger partial charge in [-0.25, -0.2) is 0 Å². The summed E-state index contributed by atoms with van der Waals surface area (Å²) in [7, 11) is 0. The Hall–Kier alpha value is -0.0300. The van der Waals surface area contributed by atoms with Crippen molar-refractivity contribution < 1.29 is 4.79 Å². The van der Waals surface area contributed by atoms with Crippen LogP contribution in [0.4, 0.5) is 0 Å². The molecule has 1 amide bonds. The topological polar surface area (TPSA) is 49.6 Å². The number of carbonyl (C=O) groups is 1. The fourth-order valence-corrected chi connectivity index (χ4v) is 2.98. The van der Waals surface area contributed by atoms with Crippen LogP contribution in [0.25, 0.3) is 0 Å². The van der Waals surface area contributed by atoms with Crippen molar-refractivity contribution in [1.82, 2.24) is 9.80 Å². The highest BCUT2D eigenvalue weighted by Gasteiger charge is 2.38. The largest absolute Gasteiger partial charge is 0.339 e.